The third-order valence-corrected chi connectivity index (χ3v) is 2.41. The molecule has 0 radical (unpaired) electrons. The van der Waals surface area contributed by atoms with Crippen LogP contribution in [-0.4, -0.2) is 25.2 Å². The van der Waals surface area contributed by atoms with Crippen molar-refractivity contribution in [3.63, 3.8) is 0 Å². The van der Waals surface area contributed by atoms with Crippen molar-refractivity contribution >= 4 is 11.9 Å². The fourth-order valence-corrected chi connectivity index (χ4v) is 1.39. The summed E-state index contributed by atoms with van der Waals surface area (Å²) in [6.45, 7) is 5.90. The molecule has 0 aliphatic heterocycles. The second kappa shape index (κ2) is 9.19. The lowest BCUT2D eigenvalue weighted by molar-refractivity contribution is -0.143. The standard InChI is InChI=1S/C12H22O4/c1-4-12(9-16-11(3)14)7-5-6-8-15-10(2)13/h12H,4-9H2,1-3H3. The van der Waals surface area contributed by atoms with E-state index >= 15 is 0 Å². The van der Waals surface area contributed by atoms with Crippen molar-refractivity contribution < 1.29 is 19.1 Å². The third kappa shape index (κ3) is 9.49. The molecule has 4 nitrogen and oxygen atoms in total. The molecule has 16 heavy (non-hydrogen) atoms. The Balaban J connectivity index is 3.47. The number of esters is 2. The van der Waals surface area contributed by atoms with Crippen LogP contribution in [-0.2, 0) is 19.1 Å². The molecule has 0 amide bonds. The molecule has 1 atom stereocenters. The van der Waals surface area contributed by atoms with Gasteiger partial charge in [-0.2, -0.15) is 0 Å². The molecule has 0 rings (SSSR count). The predicted octanol–water partition coefficient (Wildman–Crippen LogP) is 2.31. The molecule has 0 aromatic heterocycles. The molecule has 1 unspecified atom stereocenters. The topological polar surface area (TPSA) is 52.6 Å². The summed E-state index contributed by atoms with van der Waals surface area (Å²) in [6, 6.07) is 0. The van der Waals surface area contributed by atoms with E-state index in [-0.39, 0.29) is 11.9 Å². The van der Waals surface area contributed by atoms with Crippen LogP contribution in [0.3, 0.4) is 0 Å². The molecule has 0 bridgehead atoms. The highest BCUT2D eigenvalue weighted by atomic mass is 16.5. The molecular formula is C12H22O4. The van der Waals surface area contributed by atoms with E-state index in [1.54, 1.807) is 0 Å². The van der Waals surface area contributed by atoms with Gasteiger partial charge in [-0.25, -0.2) is 0 Å². The van der Waals surface area contributed by atoms with Gasteiger partial charge in [-0.1, -0.05) is 13.3 Å². The van der Waals surface area contributed by atoms with Gasteiger partial charge in [-0.15, -0.1) is 0 Å². The van der Waals surface area contributed by atoms with Crippen LogP contribution >= 0.6 is 0 Å². The zero-order valence-electron chi connectivity index (χ0n) is 10.5. The van der Waals surface area contributed by atoms with E-state index < -0.39 is 0 Å². The summed E-state index contributed by atoms with van der Waals surface area (Å²) in [5.74, 6) is -0.0356. The Bertz CT molecular complexity index is 213. The van der Waals surface area contributed by atoms with Crippen LogP contribution < -0.4 is 0 Å². The minimum absolute atomic E-state index is 0.224. The number of hydrogen-bond acceptors (Lipinski definition) is 4. The quantitative estimate of drug-likeness (QED) is 0.474. The van der Waals surface area contributed by atoms with E-state index in [1.165, 1.54) is 13.8 Å². The van der Waals surface area contributed by atoms with Crippen molar-refractivity contribution in [3.8, 4) is 0 Å². The van der Waals surface area contributed by atoms with E-state index in [2.05, 4.69) is 6.92 Å². The Labute approximate surface area is 97.3 Å². The van der Waals surface area contributed by atoms with Crippen LogP contribution in [0.4, 0.5) is 0 Å². The van der Waals surface area contributed by atoms with Crippen molar-refractivity contribution in [1.82, 2.24) is 0 Å². The second-order valence-electron chi connectivity index (χ2n) is 3.91. The van der Waals surface area contributed by atoms with Crippen molar-refractivity contribution in [2.24, 2.45) is 5.92 Å². The van der Waals surface area contributed by atoms with Crippen molar-refractivity contribution in [2.75, 3.05) is 13.2 Å². The Hall–Kier alpha value is -1.06. The van der Waals surface area contributed by atoms with Gasteiger partial charge in [0.05, 0.1) is 13.2 Å². The summed E-state index contributed by atoms with van der Waals surface area (Å²) in [7, 11) is 0. The minimum atomic E-state index is -0.230. The first kappa shape index (κ1) is 14.9. The van der Waals surface area contributed by atoms with Gasteiger partial charge in [0.15, 0.2) is 0 Å². The van der Waals surface area contributed by atoms with E-state index in [0.717, 1.165) is 25.7 Å². The number of hydrogen-bond donors (Lipinski definition) is 0. The molecule has 0 saturated carbocycles. The zero-order chi connectivity index (χ0) is 12.4. The van der Waals surface area contributed by atoms with Crippen LogP contribution in [0, 0.1) is 5.92 Å². The van der Waals surface area contributed by atoms with E-state index in [1.807, 2.05) is 0 Å². The summed E-state index contributed by atoms with van der Waals surface area (Å²) in [6.07, 6.45) is 3.87. The number of rotatable bonds is 8. The normalized spacial score (nSPS) is 11.9. The molecule has 0 aliphatic carbocycles. The molecule has 94 valence electrons. The van der Waals surface area contributed by atoms with E-state index in [0.29, 0.717) is 19.1 Å². The molecule has 0 fully saturated rings. The van der Waals surface area contributed by atoms with Crippen LogP contribution in [0.1, 0.15) is 46.5 Å². The number of carbonyl (C=O) groups excluding carboxylic acids is 2. The van der Waals surface area contributed by atoms with Crippen LogP contribution in [0.5, 0.6) is 0 Å². The molecule has 0 N–H and O–H groups in total. The maximum Gasteiger partial charge on any atom is 0.302 e. The molecular weight excluding hydrogens is 208 g/mol. The molecule has 0 aromatic carbocycles. The lowest BCUT2D eigenvalue weighted by Gasteiger charge is -2.14. The summed E-state index contributed by atoms with van der Waals surface area (Å²) < 4.78 is 9.80. The largest absolute Gasteiger partial charge is 0.466 e. The zero-order valence-corrected chi connectivity index (χ0v) is 10.5. The molecule has 0 saturated heterocycles. The Kier molecular flexibility index (Phi) is 8.58. The first-order valence-electron chi connectivity index (χ1n) is 5.83. The summed E-state index contributed by atoms with van der Waals surface area (Å²) in [5, 5.41) is 0. The first-order chi connectivity index (χ1) is 7.56. The maximum absolute atomic E-state index is 10.6. The van der Waals surface area contributed by atoms with Gasteiger partial charge in [-0.05, 0) is 25.2 Å². The lowest BCUT2D eigenvalue weighted by Crippen LogP contribution is -2.12. The summed E-state index contributed by atoms with van der Waals surface area (Å²) >= 11 is 0. The predicted molar refractivity (Wildman–Crippen MR) is 60.9 cm³/mol. The number of carbonyl (C=O) groups is 2. The Morgan fingerprint density at radius 2 is 1.69 bits per heavy atom. The fourth-order valence-electron chi connectivity index (χ4n) is 1.39. The van der Waals surface area contributed by atoms with Crippen LogP contribution in [0.2, 0.25) is 0 Å². The van der Waals surface area contributed by atoms with Crippen molar-refractivity contribution in [3.05, 3.63) is 0 Å². The maximum atomic E-state index is 10.6. The third-order valence-electron chi connectivity index (χ3n) is 2.41. The van der Waals surface area contributed by atoms with Gasteiger partial charge in [0.25, 0.3) is 0 Å². The van der Waals surface area contributed by atoms with Crippen molar-refractivity contribution in [1.29, 1.82) is 0 Å². The average Bonchev–Trinajstić information content (AvgIpc) is 2.21. The van der Waals surface area contributed by atoms with E-state index in [9.17, 15) is 9.59 Å². The number of unbranched alkanes of at least 4 members (excludes halogenated alkanes) is 1. The van der Waals surface area contributed by atoms with Gasteiger partial charge in [0.1, 0.15) is 0 Å². The highest BCUT2D eigenvalue weighted by Crippen LogP contribution is 2.13. The van der Waals surface area contributed by atoms with Crippen molar-refractivity contribution in [2.45, 2.75) is 46.5 Å². The number of ether oxygens (including phenoxy) is 2. The Morgan fingerprint density at radius 1 is 1.06 bits per heavy atom. The molecule has 4 heteroatoms. The molecule has 0 spiro atoms. The monoisotopic (exact) mass is 230 g/mol. The molecule has 0 aliphatic rings. The van der Waals surface area contributed by atoms with Gasteiger partial charge in [0, 0.05) is 13.8 Å². The van der Waals surface area contributed by atoms with Gasteiger partial charge in [-0.3, -0.25) is 9.59 Å². The lowest BCUT2D eigenvalue weighted by atomic mass is 10.0. The van der Waals surface area contributed by atoms with Gasteiger partial charge >= 0.3 is 11.9 Å². The fraction of sp³-hybridized carbons (Fsp3) is 0.833. The smallest absolute Gasteiger partial charge is 0.302 e. The minimum Gasteiger partial charge on any atom is -0.466 e. The summed E-state index contributed by atoms with van der Waals surface area (Å²) in [4.78, 5) is 21.1. The van der Waals surface area contributed by atoms with Gasteiger partial charge < -0.3 is 9.47 Å². The first-order valence-corrected chi connectivity index (χ1v) is 5.83. The Morgan fingerprint density at radius 3 is 2.19 bits per heavy atom. The van der Waals surface area contributed by atoms with Gasteiger partial charge in [0.2, 0.25) is 0 Å². The SMILES string of the molecule is CCC(CCCCOC(C)=O)COC(C)=O. The second-order valence-corrected chi connectivity index (χ2v) is 3.91. The average molecular weight is 230 g/mol. The van der Waals surface area contributed by atoms with Crippen LogP contribution in [0.15, 0.2) is 0 Å². The molecule has 0 aromatic rings. The highest BCUT2D eigenvalue weighted by Gasteiger charge is 2.07. The van der Waals surface area contributed by atoms with E-state index in [4.69, 9.17) is 9.47 Å². The summed E-state index contributed by atoms with van der Waals surface area (Å²) in [5.41, 5.74) is 0. The molecule has 0 heterocycles. The van der Waals surface area contributed by atoms with Crippen LogP contribution in [0.25, 0.3) is 0 Å². The highest BCUT2D eigenvalue weighted by molar-refractivity contribution is 5.66.